The number of amides is 3. The van der Waals surface area contributed by atoms with Gasteiger partial charge in [0.1, 0.15) is 5.56 Å². The standard InChI is InChI=1S/C11H11N3O5/c1-13-5-6(4-7(9(13)16)10(17)18)14-3-2-8(15)12-11(14)19/h4-5H,2-3H2,1H3,(H,17,18)(H,12,15,19). The number of carbonyl (C=O) groups is 3. The van der Waals surface area contributed by atoms with Gasteiger partial charge in [0.2, 0.25) is 5.91 Å². The zero-order valence-corrected chi connectivity index (χ0v) is 10.0. The highest BCUT2D eigenvalue weighted by Gasteiger charge is 2.25. The monoisotopic (exact) mass is 265 g/mol. The molecule has 8 heteroatoms. The second-order valence-corrected chi connectivity index (χ2v) is 4.09. The fourth-order valence-electron chi connectivity index (χ4n) is 1.81. The fourth-order valence-corrected chi connectivity index (χ4v) is 1.81. The average Bonchev–Trinajstić information content (AvgIpc) is 2.32. The molecule has 0 radical (unpaired) electrons. The van der Waals surface area contributed by atoms with E-state index in [1.54, 1.807) is 0 Å². The number of aromatic nitrogens is 1. The molecule has 2 rings (SSSR count). The van der Waals surface area contributed by atoms with E-state index in [1.807, 2.05) is 0 Å². The van der Waals surface area contributed by atoms with Gasteiger partial charge < -0.3 is 9.67 Å². The van der Waals surface area contributed by atoms with E-state index in [2.05, 4.69) is 5.32 Å². The van der Waals surface area contributed by atoms with Crippen LogP contribution in [0.4, 0.5) is 10.5 Å². The van der Waals surface area contributed by atoms with E-state index in [0.29, 0.717) is 0 Å². The lowest BCUT2D eigenvalue weighted by Crippen LogP contribution is -2.50. The largest absolute Gasteiger partial charge is 0.477 e. The van der Waals surface area contributed by atoms with E-state index in [-0.39, 0.29) is 24.6 Å². The molecule has 19 heavy (non-hydrogen) atoms. The van der Waals surface area contributed by atoms with Crippen LogP contribution in [-0.2, 0) is 11.8 Å². The Morgan fingerprint density at radius 1 is 1.37 bits per heavy atom. The van der Waals surface area contributed by atoms with Crippen LogP contribution in [0.2, 0.25) is 0 Å². The number of urea groups is 1. The van der Waals surface area contributed by atoms with Gasteiger partial charge in [-0.05, 0) is 6.07 Å². The lowest BCUT2D eigenvalue weighted by atomic mass is 10.2. The van der Waals surface area contributed by atoms with Gasteiger partial charge in [0.25, 0.3) is 5.56 Å². The molecule has 1 aromatic heterocycles. The molecular formula is C11H11N3O5. The lowest BCUT2D eigenvalue weighted by molar-refractivity contribution is -0.120. The number of nitrogens with zero attached hydrogens (tertiary/aromatic N) is 2. The van der Waals surface area contributed by atoms with E-state index < -0.39 is 23.1 Å². The van der Waals surface area contributed by atoms with Crippen molar-refractivity contribution in [3.8, 4) is 0 Å². The van der Waals surface area contributed by atoms with Crippen molar-refractivity contribution in [3.63, 3.8) is 0 Å². The van der Waals surface area contributed by atoms with Crippen molar-refractivity contribution in [2.45, 2.75) is 6.42 Å². The Morgan fingerprint density at radius 3 is 2.63 bits per heavy atom. The average molecular weight is 265 g/mol. The van der Waals surface area contributed by atoms with E-state index in [9.17, 15) is 19.2 Å². The van der Waals surface area contributed by atoms with Crippen LogP contribution < -0.4 is 15.8 Å². The minimum atomic E-state index is -1.36. The van der Waals surface area contributed by atoms with Gasteiger partial charge in [-0.3, -0.25) is 19.8 Å². The first kappa shape index (κ1) is 12.8. The van der Waals surface area contributed by atoms with E-state index in [4.69, 9.17) is 5.11 Å². The molecule has 0 aromatic carbocycles. The van der Waals surface area contributed by atoms with Gasteiger partial charge in [-0.1, -0.05) is 0 Å². The van der Waals surface area contributed by atoms with E-state index >= 15 is 0 Å². The number of carbonyl (C=O) groups excluding carboxylic acids is 2. The molecule has 8 nitrogen and oxygen atoms in total. The minimum absolute atomic E-state index is 0.122. The summed E-state index contributed by atoms with van der Waals surface area (Å²) in [4.78, 5) is 46.4. The number of hydrogen-bond donors (Lipinski definition) is 2. The van der Waals surface area contributed by atoms with Crippen molar-refractivity contribution in [3.05, 3.63) is 28.2 Å². The highest BCUT2D eigenvalue weighted by molar-refractivity contribution is 6.05. The van der Waals surface area contributed by atoms with Crippen LogP contribution in [0, 0.1) is 0 Å². The molecule has 1 aliphatic rings. The van der Waals surface area contributed by atoms with Crippen molar-refractivity contribution in [2.24, 2.45) is 7.05 Å². The summed E-state index contributed by atoms with van der Waals surface area (Å²) in [6, 6.07) is 0.492. The molecule has 2 heterocycles. The van der Waals surface area contributed by atoms with Gasteiger partial charge in [-0.2, -0.15) is 0 Å². The highest BCUT2D eigenvalue weighted by Crippen LogP contribution is 2.16. The van der Waals surface area contributed by atoms with Crippen molar-refractivity contribution in [1.29, 1.82) is 0 Å². The molecule has 0 aliphatic carbocycles. The molecule has 1 aliphatic heterocycles. The predicted octanol–water partition coefficient (Wildman–Crippen LogP) is -0.470. The van der Waals surface area contributed by atoms with Crippen LogP contribution in [0.5, 0.6) is 0 Å². The number of pyridine rings is 1. The fraction of sp³-hybridized carbons (Fsp3) is 0.273. The second kappa shape index (κ2) is 4.56. The zero-order chi connectivity index (χ0) is 14.2. The molecule has 3 amide bonds. The molecule has 0 atom stereocenters. The number of carboxylic acid groups (broad SMARTS) is 1. The molecule has 100 valence electrons. The third-order valence-corrected chi connectivity index (χ3v) is 2.76. The topological polar surface area (TPSA) is 109 Å². The van der Waals surface area contributed by atoms with Crippen molar-refractivity contribution >= 4 is 23.6 Å². The van der Waals surface area contributed by atoms with Crippen LogP contribution in [0.25, 0.3) is 0 Å². The molecule has 1 saturated heterocycles. The summed E-state index contributed by atoms with van der Waals surface area (Å²) in [7, 11) is 1.39. The van der Waals surface area contributed by atoms with Crippen LogP contribution in [0.15, 0.2) is 17.1 Å². The number of nitrogens with one attached hydrogen (secondary N) is 1. The third kappa shape index (κ3) is 2.32. The number of aromatic carboxylic acids is 1. The molecule has 1 aromatic rings. The Labute approximate surface area is 107 Å². The maximum atomic E-state index is 11.6. The maximum absolute atomic E-state index is 11.6. The van der Waals surface area contributed by atoms with Gasteiger partial charge in [0, 0.05) is 26.2 Å². The van der Waals surface area contributed by atoms with Gasteiger partial charge in [0.05, 0.1) is 5.69 Å². The molecule has 0 unspecified atom stereocenters. The first-order valence-corrected chi connectivity index (χ1v) is 5.45. The summed E-state index contributed by atoms with van der Waals surface area (Å²) in [5.74, 6) is -1.75. The third-order valence-electron chi connectivity index (χ3n) is 2.76. The Hall–Kier alpha value is -2.64. The first-order valence-electron chi connectivity index (χ1n) is 5.45. The summed E-state index contributed by atoms with van der Waals surface area (Å²) in [5.41, 5.74) is -0.834. The minimum Gasteiger partial charge on any atom is -0.477 e. The van der Waals surface area contributed by atoms with Crippen molar-refractivity contribution in [2.75, 3.05) is 11.4 Å². The maximum Gasteiger partial charge on any atom is 0.341 e. The summed E-state index contributed by atoms with van der Waals surface area (Å²) in [5, 5.41) is 11.1. The normalized spacial score (nSPS) is 15.3. The quantitative estimate of drug-likeness (QED) is 0.751. The van der Waals surface area contributed by atoms with Gasteiger partial charge >= 0.3 is 12.0 Å². The van der Waals surface area contributed by atoms with Crippen LogP contribution in [-0.4, -0.2) is 34.1 Å². The summed E-state index contributed by atoms with van der Waals surface area (Å²) >= 11 is 0. The summed E-state index contributed by atoms with van der Waals surface area (Å²) < 4.78 is 1.09. The summed E-state index contributed by atoms with van der Waals surface area (Å²) in [6.07, 6.45) is 1.47. The lowest BCUT2D eigenvalue weighted by Gasteiger charge is -2.26. The summed E-state index contributed by atoms with van der Waals surface area (Å²) in [6.45, 7) is 0.141. The van der Waals surface area contributed by atoms with E-state index in [0.717, 1.165) is 10.6 Å². The smallest absolute Gasteiger partial charge is 0.341 e. The Bertz CT molecular complexity index is 634. The molecule has 1 fully saturated rings. The number of anilines is 1. The number of carboxylic acids is 1. The van der Waals surface area contributed by atoms with Crippen LogP contribution >= 0.6 is 0 Å². The molecular weight excluding hydrogens is 254 g/mol. The van der Waals surface area contributed by atoms with E-state index in [1.165, 1.54) is 18.1 Å². The Balaban J connectivity index is 2.46. The SMILES string of the molecule is Cn1cc(N2CCC(=O)NC2=O)cc(C(=O)O)c1=O. The zero-order valence-electron chi connectivity index (χ0n) is 10.0. The molecule has 0 bridgehead atoms. The predicted molar refractivity (Wildman–Crippen MR) is 64.1 cm³/mol. The van der Waals surface area contributed by atoms with Crippen molar-refractivity contribution < 1.29 is 19.5 Å². The van der Waals surface area contributed by atoms with Gasteiger partial charge in [0.15, 0.2) is 0 Å². The highest BCUT2D eigenvalue weighted by atomic mass is 16.4. The number of imide groups is 1. The first-order chi connectivity index (χ1) is 8.90. The molecule has 0 saturated carbocycles. The van der Waals surface area contributed by atoms with Crippen LogP contribution in [0.1, 0.15) is 16.8 Å². The van der Waals surface area contributed by atoms with Gasteiger partial charge in [-0.15, -0.1) is 0 Å². The van der Waals surface area contributed by atoms with Crippen molar-refractivity contribution in [1.82, 2.24) is 9.88 Å². The molecule has 0 spiro atoms. The Morgan fingerprint density at radius 2 is 2.05 bits per heavy atom. The number of aryl methyl sites for hydroxylation is 1. The number of rotatable bonds is 2. The Kier molecular flexibility index (Phi) is 3.07. The number of hydrogen-bond acceptors (Lipinski definition) is 4. The van der Waals surface area contributed by atoms with Crippen LogP contribution in [0.3, 0.4) is 0 Å². The second-order valence-electron chi connectivity index (χ2n) is 4.09. The molecule has 2 N–H and O–H groups in total. The van der Waals surface area contributed by atoms with Gasteiger partial charge in [-0.25, -0.2) is 9.59 Å².